The molecule has 11 heavy (non-hydrogen) atoms. The van der Waals surface area contributed by atoms with Crippen LogP contribution in [-0.2, 0) is 0 Å². The fourth-order valence-corrected chi connectivity index (χ4v) is 1.67. The first kappa shape index (κ1) is 12.7. The molecule has 0 spiro atoms. The fraction of sp³-hybridized carbons (Fsp3) is 1.00. The van der Waals surface area contributed by atoms with Crippen molar-refractivity contribution in [3.05, 3.63) is 5.32 Å². The normalized spacial score (nSPS) is 34.1. The molecule has 2 saturated heterocycles. The van der Waals surface area contributed by atoms with Crippen LogP contribution in [0.3, 0.4) is 0 Å². The van der Waals surface area contributed by atoms with Crippen LogP contribution in [0, 0.1) is 0 Å². The number of likely N-dealkylation sites (tertiary alicyclic amines) is 1. The molecular weight excluding hydrogens is 210 g/mol. The molecule has 2 aliphatic heterocycles. The Kier molecular flexibility index (Phi) is 7.20. The zero-order chi connectivity index (χ0) is 7.56. The van der Waals surface area contributed by atoms with Crippen LogP contribution in [-0.4, -0.2) is 37.1 Å². The van der Waals surface area contributed by atoms with Gasteiger partial charge in [0.1, 0.15) is 0 Å². The van der Waals surface area contributed by atoms with Crippen LogP contribution in [0.15, 0.2) is 0 Å². The minimum absolute atomic E-state index is 0. The van der Waals surface area contributed by atoms with E-state index < -0.39 is 0 Å². The number of nitrogens with zero attached hydrogens (tertiary/aromatic N) is 2. The van der Waals surface area contributed by atoms with Crippen molar-refractivity contribution in [2.75, 3.05) is 20.1 Å². The Morgan fingerprint density at radius 1 is 1.36 bits per heavy atom. The third-order valence-electron chi connectivity index (χ3n) is 2.24. The van der Waals surface area contributed by atoms with E-state index in [2.05, 4.69) is 17.3 Å². The predicted octanol–water partition coefficient (Wildman–Crippen LogP) is -1.52. The van der Waals surface area contributed by atoms with Gasteiger partial charge in [-0.1, -0.05) is 20.3 Å². The van der Waals surface area contributed by atoms with Gasteiger partial charge < -0.3 is 10.2 Å². The molecule has 0 radical (unpaired) electrons. The first-order chi connectivity index (χ1) is 4.86. The molecule has 2 fully saturated rings. The zero-order valence-corrected chi connectivity index (χ0v) is 13.1. The second kappa shape index (κ2) is 6.22. The molecule has 0 N–H and O–H groups in total. The zero-order valence-electron chi connectivity index (χ0n) is 8.17. The van der Waals surface area contributed by atoms with E-state index in [1.54, 1.807) is 0 Å². The molecule has 0 amide bonds. The van der Waals surface area contributed by atoms with E-state index in [1.165, 1.54) is 13.0 Å². The van der Waals surface area contributed by atoms with E-state index in [1.807, 2.05) is 13.8 Å². The number of piperazine rings is 1. The Morgan fingerprint density at radius 3 is 2.18 bits per heavy atom. The Bertz CT molecular complexity index is 106. The average molecular weight is 227 g/mol. The molecular formula is C8H17N2Rb. The van der Waals surface area contributed by atoms with Gasteiger partial charge in [-0.05, 0) is 19.6 Å². The molecule has 2 aliphatic rings. The molecule has 3 heteroatoms. The first-order valence-electron chi connectivity index (χ1n) is 4.23. The van der Waals surface area contributed by atoms with E-state index in [0.29, 0.717) is 6.04 Å². The number of hydrogen-bond acceptors (Lipinski definition) is 1. The van der Waals surface area contributed by atoms with Gasteiger partial charge in [-0.25, -0.2) is 0 Å². The SMILES string of the molecule is CC.CN1CC2CC1C[N-]2.[Rb+]. The molecule has 0 saturated carbocycles. The van der Waals surface area contributed by atoms with E-state index in [9.17, 15) is 0 Å². The van der Waals surface area contributed by atoms with Gasteiger partial charge in [0, 0.05) is 0 Å². The van der Waals surface area contributed by atoms with Gasteiger partial charge in [0.05, 0.1) is 0 Å². The van der Waals surface area contributed by atoms with Crippen molar-refractivity contribution in [3.63, 3.8) is 0 Å². The van der Waals surface area contributed by atoms with Crippen LogP contribution in [0.4, 0.5) is 0 Å². The number of rotatable bonds is 0. The summed E-state index contributed by atoms with van der Waals surface area (Å²) in [6.45, 7) is 6.31. The van der Waals surface area contributed by atoms with Gasteiger partial charge in [-0.2, -0.15) is 0 Å². The van der Waals surface area contributed by atoms with Crippen molar-refractivity contribution >= 4 is 0 Å². The van der Waals surface area contributed by atoms with Crippen molar-refractivity contribution in [1.82, 2.24) is 4.90 Å². The van der Waals surface area contributed by atoms with Crippen LogP contribution in [0.1, 0.15) is 20.3 Å². The quantitative estimate of drug-likeness (QED) is 0.490. The van der Waals surface area contributed by atoms with Crippen molar-refractivity contribution in [2.45, 2.75) is 32.4 Å². The van der Waals surface area contributed by atoms with Gasteiger partial charge >= 0.3 is 58.2 Å². The van der Waals surface area contributed by atoms with E-state index in [0.717, 1.165) is 12.6 Å². The maximum absolute atomic E-state index is 4.41. The second-order valence-electron chi connectivity index (χ2n) is 2.85. The first-order valence-corrected chi connectivity index (χ1v) is 4.23. The molecule has 2 atom stereocenters. The Morgan fingerprint density at radius 2 is 2.00 bits per heavy atom. The number of hydrogen-bond donors (Lipinski definition) is 0. The van der Waals surface area contributed by atoms with Crippen molar-refractivity contribution in [1.29, 1.82) is 0 Å². The predicted molar refractivity (Wildman–Crippen MR) is 44.4 cm³/mol. The summed E-state index contributed by atoms with van der Waals surface area (Å²) in [5, 5.41) is 4.41. The number of fused-ring (bicyclic) bond motifs is 2. The van der Waals surface area contributed by atoms with Gasteiger partial charge in [0.15, 0.2) is 0 Å². The molecule has 2 nitrogen and oxygen atoms in total. The molecule has 0 aromatic heterocycles. The summed E-state index contributed by atoms with van der Waals surface area (Å²) in [6.07, 6.45) is 1.33. The topological polar surface area (TPSA) is 17.3 Å². The monoisotopic (exact) mass is 226 g/mol. The number of likely N-dealkylation sites (N-methyl/N-ethyl adjacent to an activating group) is 1. The van der Waals surface area contributed by atoms with Crippen LogP contribution < -0.4 is 58.2 Å². The maximum atomic E-state index is 4.41. The Labute approximate surface area is 119 Å². The third kappa shape index (κ3) is 3.16. The van der Waals surface area contributed by atoms with Crippen LogP contribution >= 0.6 is 0 Å². The molecule has 0 aromatic carbocycles. The second-order valence-corrected chi connectivity index (χ2v) is 2.85. The molecule has 2 heterocycles. The van der Waals surface area contributed by atoms with Crippen LogP contribution in [0.25, 0.3) is 5.32 Å². The molecule has 60 valence electrons. The summed E-state index contributed by atoms with van der Waals surface area (Å²) in [6, 6.07) is 1.50. The van der Waals surface area contributed by atoms with E-state index in [4.69, 9.17) is 0 Å². The minimum atomic E-state index is 0. The maximum Gasteiger partial charge on any atom is 1.00 e. The van der Waals surface area contributed by atoms with Gasteiger partial charge in [-0.15, -0.1) is 12.6 Å². The van der Waals surface area contributed by atoms with Crippen LogP contribution in [0.5, 0.6) is 0 Å². The largest absolute Gasteiger partial charge is 1.00 e. The third-order valence-corrected chi connectivity index (χ3v) is 2.24. The summed E-state index contributed by atoms with van der Waals surface area (Å²) in [5.41, 5.74) is 0. The summed E-state index contributed by atoms with van der Waals surface area (Å²) in [7, 11) is 2.19. The summed E-state index contributed by atoms with van der Waals surface area (Å²) in [4.78, 5) is 2.41. The van der Waals surface area contributed by atoms with Gasteiger partial charge in [0.2, 0.25) is 0 Å². The van der Waals surface area contributed by atoms with Crippen molar-refractivity contribution in [2.24, 2.45) is 0 Å². The van der Waals surface area contributed by atoms with E-state index >= 15 is 0 Å². The minimum Gasteiger partial charge on any atom is -0.657 e. The molecule has 0 aliphatic carbocycles. The van der Waals surface area contributed by atoms with Crippen molar-refractivity contribution in [3.8, 4) is 0 Å². The summed E-state index contributed by atoms with van der Waals surface area (Å²) >= 11 is 0. The smallest absolute Gasteiger partial charge is 0.657 e. The molecule has 2 bridgehead atoms. The Balaban J connectivity index is 0.000000311. The Hall–Kier alpha value is 1.73. The summed E-state index contributed by atoms with van der Waals surface area (Å²) in [5.74, 6) is 0. The molecule has 0 aromatic rings. The van der Waals surface area contributed by atoms with Crippen LogP contribution in [0.2, 0.25) is 0 Å². The standard InChI is InChI=1S/C6H11N2.C2H6.Rb/c1-8-4-5-2-6(8)3-7-5;1-2;/h5-6H,2-4H2,1H3;1-2H3;/q-1;;+1. The van der Waals surface area contributed by atoms with Gasteiger partial charge in [0.25, 0.3) is 0 Å². The fourth-order valence-electron chi connectivity index (χ4n) is 1.67. The molecule has 2 rings (SSSR count). The van der Waals surface area contributed by atoms with E-state index in [-0.39, 0.29) is 58.2 Å². The van der Waals surface area contributed by atoms with Gasteiger partial charge in [-0.3, -0.25) is 0 Å². The summed E-state index contributed by atoms with van der Waals surface area (Å²) < 4.78 is 0. The molecule has 2 unspecified atom stereocenters. The van der Waals surface area contributed by atoms with Crippen molar-refractivity contribution < 1.29 is 58.2 Å². The average Bonchev–Trinajstić information content (AvgIpc) is 2.52.